The summed E-state index contributed by atoms with van der Waals surface area (Å²) in [5.74, 6) is 0.497. The first-order valence-corrected chi connectivity index (χ1v) is 8.52. The number of aryl methyl sites for hydroxylation is 2. The maximum atomic E-state index is 3.47. The van der Waals surface area contributed by atoms with Crippen molar-refractivity contribution in [3.8, 4) is 0 Å². The Hall–Kier alpha value is -2.06. The van der Waals surface area contributed by atoms with Crippen molar-refractivity contribution in [2.45, 2.75) is 38.8 Å². The van der Waals surface area contributed by atoms with Gasteiger partial charge in [-0.05, 0) is 61.2 Å². The number of nitrogens with one attached hydrogen (secondary N) is 1. The summed E-state index contributed by atoms with van der Waals surface area (Å²) in [5.41, 5.74) is 10.2. The van der Waals surface area contributed by atoms with Crippen molar-refractivity contribution in [3.63, 3.8) is 0 Å². The maximum absolute atomic E-state index is 3.47. The number of rotatable bonds is 0. The Morgan fingerprint density at radius 1 is 1.13 bits per heavy atom. The van der Waals surface area contributed by atoms with Gasteiger partial charge in [-0.15, -0.1) is 0 Å². The highest BCUT2D eigenvalue weighted by Gasteiger charge is 2.39. The van der Waals surface area contributed by atoms with Crippen LogP contribution in [0.3, 0.4) is 0 Å². The van der Waals surface area contributed by atoms with Crippen molar-refractivity contribution < 1.29 is 0 Å². The highest BCUT2D eigenvalue weighted by Crippen LogP contribution is 2.47. The Labute approximate surface area is 137 Å². The Morgan fingerprint density at radius 2 is 2.00 bits per heavy atom. The van der Waals surface area contributed by atoms with Gasteiger partial charge in [0.2, 0.25) is 0 Å². The molecule has 0 spiro atoms. The molecular weight excluding hydrogens is 280 g/mol. The SMILES string of the molecule is Cc1cc(C)c2c(c1)CN(C)[C@H]1Cc3c[nH]c4cccc(c34)[C@H]21. The van der Waals surface area contributed by atoms with Crippen molar-refractivity contribution in [2.24, 2.45) is 0 Å². The van der Waals surface area contributed by atoms with Gasteiger partial charge in [0.1, 0.15) is 0 Å². The summed E-state index contributed by atoms with van der Waals surface area (Å²) in [6, 6.07) is 12.1. The van der Waals surface area contributed by atoms with E-state index in [9.17, 15) is 0 Å². The van der Waals surface area contributed by atoms with Crippen LogP contribution < -0.4 is 0 Å². The van der Waals surface area contributed by atoms with E-state index in [0.717, 1.165) is 13.0 Å². The molecule has 116 valence electrons. The van der Waals surface area contributed by atoms with Crippen molar-refractivity contribution >= 4 is 10.9 Å². The normalized spacial score (nSPS) is 22.9. The molecule has 2 nitrogen and oxygen atoms in total. The largest absolute Gasteiger partial charge is 0.361 e. The number of likely N-dealkylation sites (N-methyl/N-ethyl adjacent to an activating group) is 1. The first-order chi connectivity index (χ1) is 11.1. The Bertz CT molecular complexity index is 934. The van der Waals surface area contributed by atoms with Crippen LogP contribution in [-0.4, -0.2) is 23.0 Å². The third-order valence-corrected chi connectivity index (χ3v) is 5.88. The minimum atomic E-state index is 0.497. The predicted molar refractivity (Wildman–Crippen MR) is 95.0 cm³/mol. The molecule has 2 heterocycles. The molecule has 2 aliphatic rings. The molecule has 1 aliphatic carbocycles. The van der Waals surface area contributed by atoms with Crippen molar-refractivity contribution in [2.75, 3.05) is 7.05 Å². The van der Waals surface area contributed by atoms with Gasteiger partial charge in [-0.3, -0.25) is 4.90 Å². The number of aromatic amines is 1. The molecular formula is C21H22N2. The average Bonchev–Trinajstić information content (AvgIpc) is 2.92. The minimum absolute atomic E-state index is 0.497. The van der Waals surface area contributed by atoms with Crippen LogP contribution in [0.4, 0.5) is 0 Å². The summed E-state index contributed by atoms with van der Waals surface area (Å²) in [4.78, 5) is 6.03. The van der Waals surface area contributed by atoms with E-state index in [1.807, 2.05) is 0 Å². The van der Waals surface area contributed by atoms with E-state index < -0.39 is 0 Å². The predicted octanol–water partition coefficient (Wildman–Crippen LogP) is 4.29. The molecule has 1 N–H and O–H groups in total. The molecule has 0 amide bonds. The number of benzene rings is 2. The van der Waals surface area contributed by atoms with Gasteiger partial charge in [-0.1, -0.05) is 29.8 Å². The van der Waals surface area contributed by atoms with Crippen LogP contribution in [0.5, 0.6) is 0 Å². The van der Waals surface area contributed by atoms with E-state index >= 15 is 0 Å². The van der Waals surface area contributed by atoms with Crippen molar-refractivity contribution in [3.05, 3.63) is 69.9 Å². The van der Waals surface area contributed by atoms with Gasteiger partial charge in [0.15, 0.2) is 0 Å². The van der Waals surface area contributed by atoms with Gasteiger partial charge >= 0.3 is 0 Å². The molecule has 0 bridgehead atoms. The van der Waals surface area contributed by atoms with Crippen LogP contribution in [0.1, 0.15) is 39.3 Å². The molecule has 0 saturated carbocycles. The fraction of sp³-hybridized carbons (Fsp3) is 0.333. The second-order valence-electron chi connectivity index (χ2n) is 7.40. The van der Waals surface area contributed by atoms with Gasteiger partial charge in [0, 0.05) is 35.6 Å². The molecule has 2 heteroatoms. The van der Waals surface area contributed by atoms with Crippen LogP contribution in [0, 0.1) is 13.8 Å². The van der Waals surface area contributed by atoms with Gasteiger partial charge in [-0.25, -0.2) is 0 Å². The summed E-state index contributed by atoms with van der Waals surface area (Å²) in [5, 5.41) is 1.47. The van der Waals surface area contributed by atoms with Crippen LogP contribution in [0.25, 0.3) is 10.9 Å². The summed E-state index contributed by atoms with van der Waals surface area (Å²) >= 11 is 0. The monoisotopic (exact) mass is 302 g/mol. The zero-order chi connectivity index (χ0) is 15.7. The summed E-state index contributed by atoms with van der Waals surface area (Å²) < 4.78 is 0. The summed E-state index contributed by atoms with van der Waals surface area (Å²) in [6.07, 6.45) is 3.36. The molecule has 5 rings (SSSR count). The molecule has 2 atom stereocenters. The lowest BCUT2D eigenvalue weighted by Gasteiger charge is -2.44. The van der Waals surface area contributed by atoms with E-state index in [2.05, 4.69) is 67.3 Å². The molecule has 0 fully saturated rings. The smallest absolute Gasteiger partial charge is 0.0459 e. The molecule has 3 aromatic rings. The molecule has 2 aromatic carbocycles. The van der Waals surface area contributed by atoms with E-state index in [1.165, 1.54) is 38.7 Å². The fourth-order valence-electron chi connectivity index (χ4n) is 5.04. The quantitative estimate of drug-likeness (QED) is 0.656. The number of fused-ring (bicyclic) bond motifs is 4. The molecule has 23 heavy (non-hydrogen) atoms. The van der Waals surface area contributed by atoms with Gasteiger partial charge in [-0.2, -0.15) is 0 Å². The number of H-pyrrole nitrogens is 1. The molecule has 0 saturated heterocycles. The van der Waals surface area contributed by atoms with Crippen LogP contribution >= 0.6 is 0 Å². The minimum Gasteiger partial charge on any atom is -0.361 e. The standard InChI is InChI=1S/C21H22N2/c1-12-7-13(2)19-15(8-12)11-23(3)18-9-14-10-22-17-6-4-5-16(20(14)17)21(18)19/h4-8,10,18,21-22H,9,11H2,1-3H3/t18-,21-/m0/s1. The first-order valence-electron chi connectivity index (χ1n) is 8.52. The average molecular weight is 302 g/mol. The van der Waals surface area contributed by atoms with Crippen LogP contribution in [0.15, 0.2) is 36.5 Å². The maximum Gasteiger partial charge on any atom is 0.0459 e. The third-order valence-electron chi connectivity index (χ3n) is 5.88. The number of aromatic nitrogens is 1. The van der Waals surface area contributed by atoms with Gasteiger partial charge in [0.05, 0.1) is 0 Å². The zero-order valence-electron chi connectivity index (χ0n) is 14.0. The van der Waals surface area contributed by atoms with Crippen LogP contribution in [-0.2, 0) is 13.0 Å². The Balaban J connectivity index is 1.84. The molecule has 0 radical (unpaired) electrons. The second kappa shape index (κ2) is 4.48. The molecule has 1 aliphatic heterocycles. The third kappa shape index (κ3) is 1.73. The van der Waals surface area contributed by atoms with E-state index in [0.29, 0.717) is 12.0 Å². The highest BCUT2D eigenvalue weighted by atomic mass is 15.1. The molecule has 0 unspecified atom stereocenters. The van der Waals surface area contributed by atoms with E-state index in [4.69, 9.17) is 0 Å². The number of nitrogens with zero attached hydrogens (tertiary/aromatic N) is 1. The highest BCUT2D eigenvalue weighted by molar-refractivity contribution is 5.89. The van der Waals surface area contributed by atoms with E-state index in [-0.39, 0.29) is 0 Å². The van der Waals surface area contributed by atoms with Crippen molar-refractivity contribution in [1.82, 2.24) is 9.88 Å². The lowest BCUT2D eigenvalue weighted by molar-refractivity contribution is 0.192. The second-order valence-corrected chi connectivity index (χ2v) is 7.40. The Kier molecular flexibility index (Phi) is 2.61. The molecule has 1 aromatic heterocycles. The summed E-state index contributed by atoms with van der Waals surface area (Å²) in [6.45, 7) is 5.57. The van der Waals surface area contributed by atoms with E-state index in [1.54, 1.807) is 5.56 Å². The van der Waals surface area contributed by atoms with Gasteiger partial charge in [0.25, 0.3) is 0 Å². The number of hydrogen-bond donors (Lipinski definition) is 1. The first kappa shape index (κ1) is 13.4. The lowest BCUT2D eigenvalue weighted by Crippen LogP contribution is -2.44. The number of hydrogen-bond acceptors (Lipinski definition) is 1. The summed E-state index contributed by atoms with van der Waals surface area (Å²) in [7, 11) is 2.29. The zero-order valence-corrected chi connectivity index (χ0v) is 14.0. The van der Waals surface area contributed by atoms with Crippen molar-refractivity contribution in [1.29, 1.82) is 0 Å². The topological polar surface area (TPSA) is 19.0 Å². The van der Waals surface area contributed by atoms with Crippen LogP contribution in [0.2, 0.25) is 0 Å². The fourth-order valence-corrected chi connectivity index (χ4v) is 5.04. The Morgan fingerprint density at radius 3 is 2.87 bits per heavy atom. The lowest BCUT2D eigenvalue weighted by atomic mass is 9.71. The van der Waals surface area contributed by atoms with Gasteiger partial charge < -0.3 is 4.98 Å².